The summed E-state index contributed by atoms with van der Waals surface area (Å²) in [5.41, 5.74) is 0. The van der Waals surface area contributed by atoms with E-state index in [0.717, 1.165) is 12.2 Å². The highest BCUT2D eigenvalue weighted by molar-refractivity contribution is 6.02. The summed E-state index contributed by atoms with van der Waals surface area (Å²) in [7, 11) is 0. The Morgan fingerprint density at radius 1 is 1.36 bits per heavy atom. The number of esters is 1. The fraction of sp³-hybridized carbons (Fsp3) is 0.400. The largest absolute Gasteiger partial charge is 0.459 e. The molecule has 0 saturated heterocycles. The van der Waals surface area contributed by atoms with Crippen LogP contribution in [-0.4, -0.2) is 29.1 Å². The molecule has 1 rings (SSSR count). The lowest BCUT2D eigenvalue weighted by molar-refractivity contribution is -0.143. The third-order valence-corrected chi connectivity index (χ3v) is 1.76. The molecule has 0 aromatic carbocycles. The van der Waals surface area contributed by atoms with Crippen LogP contribution in [0.2, 0.25) is 0 Å². The number of rotatable bonds is 0. The van der Waals surface area contributed by atoms with E-state index in [4.69, 9.17) is 4.74 Å². The summed E-state index contributed by atoms with van der Waals surface area (Å²) in [5, 5.41) is 9.35. The van der Waals surface area contributed by atoms with E-state index in [2.05, 4.69) is 0 Å². The minimum absolute atomic E-state index is 0.295. The molecule has 1 aliphatic heterocycles. The lowest BCUT2D eigenvalue weighted by atomic mass is 10.1. The minimum atomic E-state index is -0.756. The Labute approximate surface area is 81.9 Å². The van der Waals surface area contributed by atoms with Crippen LogP contribution in [0.3, 0.4) is 0 Å². The highest BCUT2D eigenvalue weighted by Crippen LogP contribution is 2.06. The average Bonchev–Trinajstić information content (AvgIpc) is 2.10. The minimum Gasteiger partial charge on any atom is -0.459 e. The van der Waals surface area contributed by atoms with Gasteiger partial charge in [-0.15, -0.1) is 0 Å². The van der Waals surface area contributed by atoms with Crippen molar-refractivity contribution in [2.75, 3.05) is 0 Å². The number of carbonyl (C=O) groups is 2. The third-order valence-electron chi connectivity index (χ3n) is 1.76. The third kappa shape index (κ3) is 3.53. The number of aliphatic hydroxyl groups is 1. The standard InChI is InChI=1S/C10H12O4/c1-7-6-9(12)3-2-8(11)4-5-10(13)14-7/h2-5,7,9,12H,6H2,1H3/b3-2+,5-4-/t7-,9?/m1/s1. The lowest BCUT2D eigenvalue weighted by Gasteiger charge is -2.14. The van der Waals surface area contributed by atoms with Gasteiger partial charge in [-0.3, -0.25) is 4.79 Å². The van der Waals surface area contributed by atoms with Gasteiger partial charge in [-0.25, -0.2) is 4.79 Å². The topological polar surface area (TPSA) is 63.6 Å². The molecular weight excluding hydrogens is 184 g/mol. The van der Waals surface area contributed by atoms with Crippen LogP contribution < -0.4 is 0 Å². The first kappa shape index (κ1) is 10.7. The molecule has 0 spiro atoms. The summed E-state index contributed by atoms with van der Waals surface area (Å²) in [4.78, 5) is 22.0. The van der Waals surface area contributed by atoms with Gasteiger partial charge in [0.05, 0.1) is 6.10 Å². The first-order valence-electron chi connectivity index (χ1n) is 4.37. The van der Waals surface area contributed by atoms with Crippen molar-refractivity contribution in [2.24, 2.45) is 0 Å². The number of hydrogen-bond donors (Lipinski definition) is 1. The van der Waals surface area contributed by atoms with Gasteiger partial charge in [0.15, 0.2) is 5.78 Å². The molecule has 1 heterocycles. The number of allylic oxidation sites excluding steroid dienone is 2. The van der Waals surface area contributed by atoms with Gasteiger partial charge in [-0.2, -0.15) is 0 Å². The summed E-state index contributed by atoms with van der Waals surface area (Å²) < 4.78 is 4.87. The van der Waals surface area contributed by atoms with Crippen molar-refractivity contribution < 1.29 is 19.4 Å². The molecule has 2 atom stereocenters. The van der Waals surface area contributed by atoms with E-state index in [1.807, 2.05) is 0 Å². The van der Waals surface area contributed by atoms with Gasteiger partial charge in [0.25, 0.3) is 0 Å². The van der Waals surface area contributed by atoms with E-state index in [-0.39, 0.29) is 11.9 Å². The van der Waals surface area contributed by atoms with Crippen LogP contribution in [0.5, 0.6) is 0 Å². The van der Waals surface area contributed by atoms with Crippen molar-refractivity contribution >= 4 is 11.8 Å². The van der Waals surface area contributed by atoms with Crippen LogP contribution >= 0.6 is 0 Å². The fourth-order valence-electron chi connectivity index (χ4n) is 1.12. The van der Waals surface area contributed by atoms with Crippen LogP contribution in [0.15, 0.2) is 24.3 Å². The highest BCUT2D eigenvalue weighted by Gasteiger charge is 2.12. The second kappa shape index (κ2) is 4.72. The molecule has 14 heavy (non-hydrogen) atoms. The van der Waals surface area contributed by atoms with Crippen LogP contribution in [-0.2, 0) is 14.3 Å². The number of ketones is 1. The number of hydrogen-bond acceptors (Lipinski definition) is 4. The number of carbonyl (C=O) groups excluding carboxylic acids is 2. The molecule has 0 fully saturated rings. The van der Waals surface area contributed by atoms with Gasteiger partial charge in [0.1, 0.15) is 6.10 Å². The zero-order valence-electron chi connectivity index (χ0n) is 7.84. The maximum absolute atomic E-state index is 11.0. The van der Waals surface area contributed by atoms with Gasteiger partial charge < -0.3 is 9.84 Å². The summed E-state index contributed by atoms with van der Waals surface area (Å²) in [6.07, 6.45) is 4.01. The zero-order chi connectivity index (χ0) is 10.6. The monoisotopic (exact) mass is 196 g/mol. The molecule has 0 aromatic rings. The molecule has 0 bridgehead atoms. The maximum Gasteiger partial charge on any atom is 0.331 e. The van der Waals surface area contributed by atoms with E-state index < -0.39 is 12.1 Å². The Bertz CT molecular complexity index is 290. The van der Waals surface area contributed by atoms with Gasteiger partial charge in [0.2, 0.25) is 0 Å². The Hall–Kier alpha value is -1.42. The Balaban J connectivity index is 2.77. The van der Waals surface area contributed by atoms with Gasteiger partial charge >= 0.3 is 5.97 Å². The Morgan fingerprint density at radius 3 is 2.79 bits per heavy atom. The van der Waals surface area contributed by atoms with Crippen molar-refractivity contribution in [1.82, 2.24) is 0 Å². The second-order valence-corrected chi connectivity index (χ2v) is 3.15. The van der Waals surface area contributed by atoms with Crippen LogP contribution in [0, 0.1) is 0 Å². The van der Waals surface area contributed by atoms with E-state index in [0.29, 0.717) is 6.42 Å². The molecule has 0 saturated carbocycles. The molecule has 4 heteroatoms. The lowest BCUT2D eigenvalue weighted by Crippen LogP contribution is -2.20. The Kier molecular flexibility index (Phi) is 3.59. The van der Waals surface area contributed by atoms with Crippen molar-refractivity contribution in [3.8, 4) is 0 Å². The van der Waals surface area contributed by atoms with Gasteiger partial charge in [-0.1, -0.05) is 6.08 Å². The molecule has 1 N–H and O–H groups in total. The quantitative estimate of drug-likeness (QED) is 0.568. The van der Waals surface area contributed by atoms with Crippen LogP contribution in [0.4, 0.5) is 0 Å². The van der Waals surface area contributed by atoms with E-state index in [1.165, 1.54) is 12.2 Å². The molecule has 4 nitrogen and oxygen atoms in total. The summed E-state index contributed by atoms with van der Waals surface area (Å²) in [6.45, 7) is 1.69. The van der Waals surface area contributed by atoms with Crippen molar-refractivity contribution in [1.29, 1.82) is 0 Å². The van der Waals surface area contributed by atoms with Crippen molar-refractivity contribution in [2.45, 2.75) is 25.6 Å². The predicted octanol–water partition coefficient (Wildman–Crippen LogP) is 0.364. The number of aliphatic hydroxyl groups excluding tert-OH is 1. The van der Waals surface area contributed by atoms with E-state index in [1.54, 1.807) is 6.92 Å². The molecule has 0 radical (unpaired) electrons. The zero-order valence-corrected chi connectivity index (χ0v) is 7.84. The highest BCUT2D eigenvalue weighted by atomic mass is 16.5. The molecule has 0 aliphatic carbocycles. The number of ether oxygens (including phenoxy) is 1. The fourth-order valence-corrected chi connectivity index (χ4v) is 1.12. The van der Waals surface area contributed by atoms with Gasteiger partial charge in [-0.05, 0) is 19.1 Å². The molecule has 76 valence electrons. The number of cyclic esters (lactones) is 1. The molecule has 0 amide bonds. The van der Waals surface area contributed by atoms with Gasteiger partial charge in [0, 0.05) is 12.5 Å². The molecule has 0 aromatic heterocycles. The predicted molar refractivity (Wildman–Crippen MR) is 49.5 cm³/mol. The molecule has 1 unspecified atom stereocenters. The summed E-state index contributed by atoms with van der Waals surface area (Å²) in [6, 6.07) is 0. The van der Waals surface area contributed by atoms with Crippen LogP contribution in [0.25, 0.3) is 0 Å². The normalized spacial score (nSPS) is 33.3. The first-order chi connectivity index (χ1) is 6.58. The Morgan fingerprint density at radius 2 is 2.07 bits per heavy atom. The second-order valence-electron chi connectivity index (χ2n) is 3.15. The van der Waals surface area contributed by atoms with Crippen molar-refractivity contribution in [3.05, 3.63) is 24.3 Å². The van der Waals surface area contributed by atoms with Crippen molar-refractivity contribution in [3.63, 3.8) is 0 Å². The molecular formula is C10H12O4. The maximum atomic E-state index is 11.0. The average molecular weight is 196 g/mol. The van der Waals surface area contributed by atoms with E-state index in [9.17, 15) is 14.7 Å². The smallest absolute Gasteiger partial charge is 0.331 e. The first-order valence-corrected chi connectivity index (χ1v) is 4.37. The summed E-state index contributed by atoms with van der Waals surface area (Å²) >= 11 is 0. The SMILES string of the molecule is C[C@@H]1CC(O)/C=C/C(=O)/C=C\C(=O)O1. The molecule has 1 aliphatic rings. The summed E-state index contributed by atoms with van der Waals surface area (Å²) in [5.74, 6) is -0.899. The van der Waals surface area contributed by atoms with E-state index >= 15 is 0 Å². The van der Waals surface area contributed by atoms with Crippen LogP contribution in [0.1, 0.15) is 13.3 Å².